The molecule has 0 aliphatic rings. The van der Waals surface area contributed by atoms with Gasteiger partial charge in [0.2, 0.25) is 0 Å². The van der Waals surface area contributed by atoms with Crippen molar-refractivity contribution in [2.75, 3.05) is 25.2 Å². The van der Waals surface area contributed by atoms with Gasteiger partial charge in [0.25, 0.3) is 0 Å². The Hall–Kier alpha value is -0.0000000000000000694. The maximum absolute atomic E-state index is 8.42. The van der Waals surface area contributed by atoms with Gasteiger partial charge in [-0.1, -0.05) is 15.9 Å². The van der Waals surface area contributed by atoms with E-state index in [0.29, 0.717) is 0 Å². The van der Waals surface area contributed by atoms with Crippen LogP contribution in [-0.2, 0) is 14.5 Å². The molecule has 0 spiro atoms. The number of nitrogens with zero attached hydrogens (tertiary/aromatic N) is 3. The number of rotatable bonds is 10. The average molecular weight is 340 g/mol. The van der Waals surface area contributed by atoms with Gasteiger partial charge in [0.1, 0.15) is 0 Å². The van der Waals surface area contributed by atoms with Crippen molar-refractivity contribution in [1.82, 2.24) is 16.2 Å². The zero-order valence-corrected chi connectivity index (χ0v) is 10.5. The van der Waals surface area contributed by atoms with Crippen LogP contribution in [0.4, 0.5) is 0 Å². The van der Waals surface area contributed by atoms with Gasteiger partial charge >= 0.3 is 0 Å². The van der Waals surface area contributed by atoms with Gasteiger partial charge in [0.05, 0.1) is 41.4 Å². The lowest BCUT2D eigenvalue weighted by Gasteiger charge is -2.30. The lowest BCUT2D eigenvalue weighted by molar-refractivity contribution is -0.521. The Kier molecular flexibility index (Phi) is 8.99. The monoisotopic (exact) mass is 339 g/mol. The fraction of sp³-hybridized carbons (Fsp3) is 1.00. The van der Waals surface area contributed by atoms with Gasteiger partial charge in [-0.15, -0.1) is 0 Å². The van der Waals surface area contributed by atoms with E-state index < -0.39 is 41.4 Å². The molecule has 0 amide bonds. The first-order valence-corrected chi connectivity index (χ1v) is 5.42. The van der Waals surface area contributed by atoms with E-state index >= 15 is 0 Å². The molecule has 0 aliphatic heterocycles. The maximum Gasteiger partial charge on any atom is 0.0846 e. The molecule has 0 saturated carbocycles. The maximum atomic E-state index is 8.42. The summed E-state index contributed by atoms with van der Waals surface area (Å²) in [5.41, 5.74) is -1.20. The Morgan fingerprint density at radius 3 is 1.17 bits per heavy atom. The molecule has 13 heteroatoms. The highest BCUT2D eigenvalue weighted by Gasteiger charge is 2.34. The average Bonchev–Trinajstić information content (AvgIpc) is 2.28. The standard InChI is InChI=1S/C5H14BrN3O9/c6-1-5(2-16-7(10)11,3-17-8(12)13)4-18-9(14)15/h10-15H,1-4H2. The molecule has 0 heterocycles. The van der Waals surface area contributed by atoms with Crippen LogP contribution >= 0.6 is 15.9 Å². The third-order valence-electron chi connectivity index (χ3n) is 1.74. The summed E-state index contributed by atoms with van der Waals surface area (Å²) in [6.07, 6.45) is 0. The van der Waals surface area contributed by atoms with Gasteiger partial charge in [-0.2, -0.15) is 0 Å². The lowest BCUT2D eigenvalue weighted by atomic mass is 9.94. The molecule has 18 heavy (non-hydrogen) atoms. The highest BCUT2D eigenvalue weighted by atomic mass is 79.9. The van der Waals surface area contributed by atoms with E-state index in [1.54, 1.807) is 0 Å². The van der Waals surface area contributed by atoms with Gasteiger partial charge in [0.15, 0.2) is 0 Å². The van der Waals surface area contributed by atoms with Gasteiger partial charge in [0, 0.05) is 5.33 Å². The molecule has 0 aliphatic carbocycles. The third kappa shape index (κ3) is 8.16. The van der Waals surface area contributed by atoms with Crippen LogP contribution in [0.15, 0.2) is 0 Å². The SMILES string of the molecule is ON(O)OCC(CBr)(CON(O)O)CON(O)O. The van der Waals surface area contributed by atoms with Gasteiger partial charge in [-0.05, 0) is 0 Å². The first-order chi connectivity index (χ1) is 8.31. The van der Waals surface area contributed by atoms with Crippen molar-refractivity contribution in [3.8, 4) is 0 Å². The van der Waals surface area contributed by atoms with Gasteiger partial charge in [-0.25, -0.2) is 0 Å². The van der Waals surface area contributed by atoms with Gasteiger partial charge in [-0.3, -0.25) is 45.8 Å². The molecule has 0 aromatic rings. The molecular formula is C5H14BrN3O9. The number of hydrogen-bond acceptors (Lipinski definition) is 12. The summed E-state index contributed by atoms with van der Waals surface area (Å²) in [5, 5.41) is 48.9. The summed E-state index contributed by atoms with van der Waals surface area (Å²) in [6.45, 7) is -1.27. The molecule has 0 atom stereocenters. The Morgan fingerprint density at radius 2 is 1.00 bits per heavy atom. The Morgan fingerprint density at radius 1 is 0.722 bits per heavy atom. The second kappa shape index (κ2) is 8.99. The van der Waals surface area contributed by atoms with E-state index in [1.165, 1.54) is 0 Å². The molecule has 0 radical (unpaired) electrons. The van der Waals surface area contributed by atoms with Crippen molar-refractivity contribution in [3.63, 3.8) is 0 Å². The summed E-state index contributed by atoms with van der Waals surface area (Å²) in [5.74, 6) is 0. The van der Waals surface area contributed by atoms with Crippen LogP contribution in [0, 0.1) is 5.41 Å². The molecule has 0 rings (SSSR count). The molecular weight excluding hydrogens is 326 g/mol. The lowest BCUT2D eigenvalue weighted by Crippen LogP contribution is -2.43. The minimum Gasteiger partial charge on any atom is -0.266 e. The van der Waals surface area contributed by atoms with Crippen molar-refractivity contribution >= 4 is 15.9 Å². The van der Waals surface area contributed by atoms with Crippen molar-refractivity contribution in [2.45, 2.75) is 0 Å². The minimum atomic E-state index is -1.20. The quantitative estimate of drug-likeness (QED) is 0.222. The third-order valence-corrected chi connectivity index (χ3v) is 2.93. The van der Waals surface area contributed by atoms with Crippen LogP contribution in [0.1, 0.15) is 0 Å². The smallest absolute Gasteiger partial charge is 0.0846 e. The van der Waals surface area contributed by atoms with Crippen LogP contribution in [0.25, 0.3) is 0 Å². The Labute approximate surface area is 109 Å². The highest BCUT2D eigenvalue weighted by Crippen LogP contribution is 2.23. The molecule has 0 bridgehead atoms. The largest absolute Gasteiger partial charge is 0.266 e. The second-order valence-electron chi connectivity index (χ2n) is 3.21. The topological polar surface area (TPSA) is 159 Å². The fourth-order valence-corrected chi connectivity index (χ4v) is 1.31. The van der Waals surface area contributed by atoms with E-state index in [4.69, 9.17) is 31.2 Å². The van der Waals surface area contributed by atoms with Crippen LogP contribution in [-0.4, -0.2) is 72.6 Å². The number of hydrogen-bond donors (Lipinski definition) is 6. The van der Waals surface area contributed by atoms with E-state index in [-0.39, 0.29) is 5.33 Å². The normalized spacial score (nSPS) is 13.0. The number of alkyl halides is 1. The molecule has 0 aromatic heterocycles. The Bertz CT molecular complexity index is 187. The molecule has 110 valence electrons. The zero-order valence-electron chi connectivity index (χ0n) is 8.96. The first-order valence-electron chi connectivity index (χ1n) is 4.30. The second-order valence-corrected chi connectivity index (χ2v) is 3.77. The molecule has 0 fully saturated rings. The first kappa shape index (κ1) is 18.0. The predicted molar refractivity (Wildman–Crippen MR) is 50.3 cm³/mol. The van der Waals surface area contributed by atoms with Crippen molar-refractivity contribution in [1.29, 1.82) is 0 Å². The van der Waals surface area contributed by atoms with Crippen molar-refractivity contribution in [2.24, 2.45) is 5.41 Å². The fourth-order valence-electron chi connectivity index (χ4n) is 0.825. The summed E-state index contributed by atoms with van der Waals surface area (Å²) in [4.78, 5) is 13.1. The molecule has 0 saturated heterocycles. The van der Waals surface area contributed by atoms with E-state index in [2.05, 4.69) is 30.4 Å². The van der Waals surface area contributed by atoms with E-state index in [1.807, 2.05) is 0 Å². The summed E-state index contributed by atoms with van der Waals surface area (Å²) < 4.78 is 0. The minimum absolute atomic E-state index is 0.0650. The summed E-state index contributed by atoms with van der Waals surface area (Å²) >= 11 is 3.04. The Balaban J connectivity index is 4.49. The van der Waals surface area contributed by atoms with Crippen molar-refractivity contribution in [3.05, 3.63) is 0 Å². The zero-order chi connectivity index (χ0) is 14.2. The van der Waals surface area contributed by atoms with Crippen molar-refractivity contribution < 1.29 is 45.8 Å². The van der Waals surface area contributed by atoms with Crippen LogP contribution in [0.3, 0.4) is 0 Å². The molecule has 0 aromatic carbocycles. The summed E-state index contributed by atoms with van der Waals surface area (Å²) in [6, 6.07) is 0. The highest BCUT2D eigenvalue weighted by molar-refractivity contribution is 9.09. The summed E-state index contributed by atoms with van der Waals surface area (Å²) in [7, 11) is 0. The van der Waals surface area contributed by atoms with E-state index in [9.17, 15) is 0 Å². The molecule has 6 N–H and O–H groups in total. The van der Waals surface area contributed by atoms with E-state index in [0.717, 1.165) is 0 Å². The number of halogens is 1. The van der Waals surface area contributed by atoms with Crippen LogP contribution in [0.5, 0.6) is 0 Å². The van der Waals surface area contributed by atoms with Gasteiger partial charge < -0.3 is 0 Å². The predicted octanol–water partition coefficient (Wildman–Crippen LogP) is -0.596. The van der Waals surface area contributed by atoms with Crippen LogP contribution < -0.4 is 0 Å². The van der Waals surface area contributed by atoms with Crippen LogP contribution in [0.2, 0.25) is 0 Å². The molecule has 12 nitrogen and oxygen atoms in total. The molecule has 0 unspecified atom stereocenters.